The van der Waals surface area contributed by atoms with Crippen molar-refractivity contribution in [3.05, 3.63) is 45.5 Å². The van der Waals surface area contributed by atoms with Crippen molar-refractivity contribution < 1.29 is 13.0 Å². The molecule has 0 fully saturated rings. The molecule has 0 aliphatic rings. The summed E-state index contributed by atoms with van der Waals surface area (Å²) in [7, 11) is -4.17. The molecule has 1 aromatic heterocycles. The number of azo groups is 1. The molecule has 1 aromatic carbocycles. The molecule has 2 rings (SSSR count). The average molecular weight is 506 g/mol. The molecule has 0 aliphatic carbocycles. The summed E-state index contributed by atoms with van der Waals surface area (Å²) in [5.41, 5.74) is 1.28. The fraction of sp³-hybridized carbons (Fsp3) is 0.312. The minimum Gasteiger partial charge on any atom is -0.353 e. The Balaban J connectivity index is 2.22. The monoisotopic (exact) mass is 504 g/mol. The minimum atomic E-state index is -4.17. The minimum absolute atomic E-state index is 0.275. The van der Waals surface area contributed by atoms with Crippen molar-refractivity contribution in [1.29, 1.82) is 0 Å². The third kappa shape index (κ3) is 5.32. The van der Waals surface area contributed by atoms with Gasteiger partial charge in [0.15, 0.2) is 11.2 Å². The Morgan fingerprint density at radius 2 is 1.85 bits per heavy atom. The van der Waals surface area contributed by atoms with Crippen LogP contribution in [-0.4, -0.2) is 29.9 Å². The molecule has 10 heteroatoms. The molecule has 1 unspecified atom stereocenters. The first-order valence-corrected chi connectivity index (χ1v) is 10.9. The second-order valence-corrected chi connectivity index (χ2v) is 8.68. The van der Waals surface area contributed by atoms with Gasteiger partial charge in [-0.3, -0.25) is 4.55 Å². The maximum absolute atomic E-state index is 11.6. The molecule has 0 amide bonds. The Kier molecular flexibility index (Phi) is 7.27. The Morgan fingerprint density at radius 3 is 2.35 bits per heavy atom. The van der Waals surface area contributed by atoms with Crippen LogP contribution in [0.3, 0.4) is 0 Å². The molecule has 0 spiro atoms. The van der Waals surface area contributed by atoms with Crippen molar-refractivity contribution in [3.8, 4) is 0 Å². The number of pyridine rings is 1. The van der Waals surface area contributed by atoms with Crippen molar-refractivity contribution in [1.82, 2.24) is 4.98 Å². The van der Waals surface area contributed by atoms with E-state index in [0.717, 1.165) is 4.47 Å². The van der Waals surface area contributed by atoms with Crippen LogP contribution in [0.15, 0.2) is 55.7 Å². The van der Waals surface area contributed by atoms with Crippen LogP contribution in [0.1, 0.15) is 20.3 Å². The number of rotatable bonds is 7. The highest BCUT2D eigenvalue weighted by Crippen LogP contribution is 2.28. The third-order valence-electron chi connectivity index (χ3n) is 3.61. The highest BCUT2D eigenvalue weighted by Gasteiger charge is 2.27. The topological polar surface area (TPSA) is 95.2 Å². The van der Waals surface area contributed by atoms with Crippen molar-refractivity contribution in [2.45, 2.75) is 25.6 Å². The van der Waals surface area contributed by atoms with E-state index >= 15 is 0 Å². The first-order chi connectivity index (χ1) is 12.3. The number of hydrogen-bond acceptors (Lipinski definition) is 6. The van der Waals surface area contributed by atoms with Crippen molar-refractivity contribution in [2.75, 3.05) is 11.4 Å². The van der Waals surface area contributed by atoms with Gasteiger partial charge in [0.2, 0.25) is 0 Å². The van der Waals surface area contributed by atoms with E-state index in [1.807, 2.05) is 13.0 Å². The summed E-state index contributed by atoms with van der Waals surface area (Å²) in [6.45, 7) is 3.99. The Hall–Kier alpha value is -1.36. The molecule has 1 heterocycles. The maximum Gasteiger partial charge on any atom is 0.286 e. The summed E-state index contributed by atoms with van der Waals surface area (Å²) in [4.78, 5) is 5.78. The summed E-state index contributed by atoms with van der Waals surface area (Å²) in [6, 6.07) is 8.77. The van der Waals surface area contributed by atoms with Crippen LogP contribution in [0.4, 0.5) is 17.2 Å². The lowest BCUT2D eigenvalue weighted by molar-refractivity contribution is 0.460. The fourth-order valence-electron chi connectivity index (χ4n) is 2.44. The number of halogens is 2. The number of nitrogens with zero attached hydrogens (tertiary/aromatic N) is 4. The number of anilines is 1. The molecule has 0 bridgehead atoms. The highest BCUT2D eigenvalue weighted by atomic mass is 79.9. The first-order valence-electron chi connectivity index (χ1n) is 7.82. The van der Waals surface area contributed by atoms with Crippen LogP contribution >= 0.6 is 31.9 Å². The summed E-state index contributed by atoms with van der Waals surface area (Å²) in [5, 5.41) is 7.25. The van der Waals surface area contributed by atoms with Gasteiger partial charge in [0.1, 0.15) is 0 Å². The largest absolute Gasteiger partial charge is 0.353 e. The summed E-state index contributed by atoms with van der Waals surface area (Å²) in [5.74, 6) is 0.449. The van der Waals surface area contributed by atoms with Crippen molar-refractivity contribution >= 4 is 59.2 Å². The molecule has 2 aromatic rings. The molecule has 1 N–H and O–H groups in total. The first kappa shape index (κ1) is 20.9. The smallest absolute Gasteiger partial charge is 0.286 e. The normalized spacial score (nSPS) is 13.1. The summed E-state index contributed by atoms with van der Waals surface area (Å²) in [6.07, 6.45) is 1.90. The molecule has 0 aliphatic heterocycles. The van der Waals surface area contributed by atoms with E-state index in [1.54, 1.807) is 42.3 Å². The van der Waals surface area contributed by atoms with Gasteiger partial charge in [-0.1, -0.05) is 6.92 Å². The zero-order valence-corrected chi connectivity index (χ0v) is 18.2. The van der Waals surface area contributed by atoms with Crippen LogP contribution in [0.25, 0.3) is 0 Å². The maximum atomic E-state index is 11.6. The van der Waals surface area contributed by atoms with E-state index in [9.17, 15) is 13.0 Å². The van der Waals surface area contributed by atoms with Gasteiger partial charge in [-0.05, 0) is 75.5 Å². The SMILES string of the molecule is CCC(N(CC)c1ccc(/N=N/c2ncc(Br)cc2Br)cc1)S(=O)(=O)O. The van der Waals surface area contributed by atoms with Crippen LogP contribution in [0.5, 0.6) is 0 Å². The zero-order valence-electron chi connectivity index (χ0n) is 14.2. The molecule has 0 saturated carbocycles. The van der Waals surface area contributed by atoms with E-state index in [0.29, 0.717) is 28.2 Å². The molecular weight excluding hydrogens is 488 g/mol. The van der Waals surface area contributed by atoms with E-state index in [2.05, 4.69) is 47.1 Å². The van der Waals surface area contributed by atoms with E-state index in [4.69, 9.17) is 0 Å². The van der Waals surface area contributed by atoms with E-state index in [-0.39, 0.29) is 6.42 Å². The molecule has 7 nitrogen and oxygen atoms in total. The van der Waals surface area contributed by atoms with Crippen molar-refractivity contribution in [3.63, 3.8) is 0 Å². The van der Waals surface area contributed by atoms with Gasteiger partial charge in [0, 0.05) is 22.9 Å². The lowest BCUT2D eigenvalue weighted by atomic mass is 10.2. The Bertz CT molecular complexity index is 889. The van der Waals surface area contributed by atoms with Gasteiger partial charge in [-0.15, -0.1) is 10.2 Å². The number of hydrogen-bond donors (Lipinski definition) is 1. The van der Waals surface area contributed by atoms with Crippen LogP contribution in [-0.2, 0) is 10.1 Å². The van der Waals surface area contributed by atoms with Gasteiger partial charge in [-0.25, -0.2) is 4.98 Å². The number of aromatic nitrogens is 1. The third-order valence-corrected chi connectivity index (χ3v) is 5.90. The van der Waals surface area contributed by atoms with E-state index < -0.39 is 15.5 Å². The molecule has 1 atom stereocenters. The predicted molar refractivity (Wildman–Crippen MR) is 109 cm³/mol. The van der Waals surface area contributed by atoms with Crippen molar-refractivity contribution in [2.24, 2.45) is 10.2 Å². The quantitative estimate of drug-likeness (QED) is 0.397. The molecule has 0 saturated heterocycles. The van der Waals surface area contributed by atoms with Gasteiger partial charge in [-0.2, -0.15) is 8.42 Å². The second-order valence-electron chi connectivity index (χ2n) is 5.34. The lowest BCUT2D eigenvalue weighted by Crippen LogP contribution is -2.40. The van der Waals surface area contributed by atoms with Gasteiger partial charge < -0.3 is 4.90 Å². The van der Waals surface area contributed by atoms with Crippen LogP contribution in [0, 0.1) is 0 Å². The molecule has 140 valence electrons. The highest BCUT2D eigenvalue weighted by molar-refractivity contribution is 9.11. The Morgan fingerprint density at radius 1 is 1.19 bits per heavy atom. The van der Waals surface area contributed by atoms with E-state index in [1.165, 1.54) is 0 Å². The fourth-order valence-corrected chi connectivity index (χ4v) is 4.52. The molecular formula is C16H18Br2N4O3S. The van der Waals surface area contributed by atoms with Gasteiger partial charge in [0.25, 0.3) is 10.1 Å². The van der Waals surface area contributed by atoms with Crippen LogP contribution in [0.2, 0.25) is 0 Å². The predicted octanol–water partition coefficient (Wildman–Crippen LogP) is 5.47. The zero-order chi connectivity index (χ0) is 19.3. The molecule has 26 heavy (non-hydrogen) atoms. The molecule has 0 radical (unpaired) electrons. The Labute approximate surface area is 169 Å². The number of benzene rings is 1. The van der Waals surface area contributed by atoms with Crippen LogP contribution < -0.4 is 4.90 Å². The summed E-state index contributed by atoms with van der Waals surface area (Å²) >= 11 is 6.69. The standard InChI is InChI=1S/C16H18Br2N4O3S/c1-3-15(26(23,24)25)22(4-2)13-7-5-12(6-8-13)20-21-16-14(18)9-11(17)10-19-16/h5-10,15H,3-4H2,1-2H3,(H,23,24,25)/b21-20+. The summed E-state index contributed by atoms with van der Waals surface area (Å²) < 4.78 is 34.1. The second kappa shape index (κ2) is 9.03. The average Bonchev–Trinajstić information content (AvgIpc) is 2.58. The van der Waals surface area contributed by atoms with Gasteiger partial charge in [0.05, 0.1) is 10.2 Å². The lowest BCUT2D eigenvalue weighted by Gasteiger charge is -2.29. The van der Waals surface area contributed by atoms with Gasteiger partial charge >= 0.3 is 0 Å².